The zero-order valence-corrected chi connectivity index (χ0v) is 14.7. The molecule has 0 aliphatic rings. The van der Waals surface area contributed by atoms with Gasteiger partial charge < -0.3 is 0 Å². The van der Waals surface area contributed by atoms with Gasteiger partial charge in [-0.25, -0.2) is 13.1 Å². The van der Waals surface area contributed by atoms with Crippen molar-refractivity contribution in [2.45, 2.75) is 6.42 Å². The standard InChI is InChI=1S/C20H18N2O2S/c1-25(23,24)22-13-4-5-16-8-10-17(11-9-16)15-20-19-7-3-2-6-18(19)12-14-21-20/h2-3,6-12,14,22H,13,15H2,1H3. The van der Waals surface area contributed by atoms with Crippen LogP contribution in [0.2, 0.25) is 0 Å². The second-order valence-corrected chi connectivity index (χ2v) is 7.58. The maximum Gasteiger partial charge on any atom is 0.209 e. The van der Waals surface area contributed by atoms with E-state index in [1.807, 2.05) is 48.7 Å². The van der Waals surface area contributed by atoms with Crippen LogP contribution >= 0.6 is 0 Å². The molecule has 0 unspecified atom stereocenters. The topological polar surface area (TPSA) is 59.1 Å². The fraction of sp³-hybridized carbons (Fsp3) is 0.150. The van der Waals surface area contributed by atoms with Crippen molar-refractivity contribution in [3.63, 3.8) is 0 Å². The molecule has 5 heteroatoms. The van der Waals surface area contributed by atoms with E-state index in [0.29, 0.717) is 0 Å². The molecular weight excluding hydrogens is 332 g/mol. The lowest BCUT2D eigenvalue weighted by atomic mass is 10.0. The summed E-state index contributed by atoms with van der Waals surface area (Å²) in [6.07, 6.45) is 3.71. The molecule has 0 spiro atoms. The van der Waals surface area contributed by atoms with E-state index in [1.54, 1.807) is 0 Å². The van der Waals surface area contributed by atoms with Gasteiger partial charge in [0, 0.05) is 23.6 Å². The molecule has 3 rings (SSSR count). The molecule has 0 aliphatic carbocycles. The average Bonchev–Trinajstić information content (AvgIpc) is 2.60. The highest BCUT2D eigenvalue weighted by molar-refractivity contribution is 7.88. The Morgan fingerprint density at radius 3 is 2.56 bits per heavy atom. The number of benzene rings is 2. The van der Waals surface area contributed by atoms with Gasteiger partial charge in [-0.2, -0.15) is 0 Å². The van der Waals surface area contributed by atoms with E-state index < -0.39 is 10.0 Å². The van der Waals surface area contributed by atoms with Gasteiger partial charge in [-0.3, -0.25) is 4.98 Å². The Morgan fingerprint density at radius 2 is 1.80 bits per heavy atom. The SMILES string of the molecule is CS(=O)(=O)NCC#Cc1ccc(Cc2nccc3ccccc23)cc1. The zero-order chi connectivity index (χ0) is 17.7. The second-order valence-electron chi connectivity index (χ2n) is 5.75. The van der Waals surface area contributed by atoms with Gasteiger partial charge >= 0.3 is 0 Å². The van der Waals surface area contributed by atoms with Crippen LogP contribution in [0.1, 0.15) is 16.8 Å². The van der Waals surface area contributed by atoms with Crippen LogP contribution in [0, 0.1) is 11.8 Å². The fourth-order valence-electron chi connectivity index (χ4n) is 2.54. The second kappa shape index (κ2) is 7.47. The molecule has 4 nitrogen and oxygen atoms in total. The molecule has 1 aromatic heterocycles. The summed E-state index contributed by atoms with van der Waals surface area (Å²) in [5.41, 5.74) is 3.06. The summed E-state index contributed by atoms with van der Waals surface area (Å²) in [6, 6.07) is 18.2. The summed E-state index contributed by atoms with van der Waals surface area (Å²) in [4.78, 5) is 4.52. The summed E-state index contributed by atoms with van der Waals surface area (Å²) >= 11 is 0. The number of aromatic nitrogens is 1. The number of pyridine rings is 1. The lowest BCUT2D eigenvalue weighted by Crippen LogP contribution is -2.21. The van der Waals surface area contributed by atoms with Crippen LogP contribution in [-0.4, -0.2) is 26.2 Å². The Hall–Kier alpha value is -2.68. The van der Waals surface area contributed by atoms with Crippen LogP contribution in [0.25, 0.3) is 10.8 Å². The molecule has 1 heterocycles. The van der Waals surface area contributed by atoms with Gasteiger partial charge in [0.15, 0.2) is 0 Å². The summed E-state index contributed by atoms with van der Waals surface area (Å²) < 4.78 is 24.3. The number of nitrogens with zero attached hydrogens (tertiary/aromatic N) is 1. The number of nitrogens with one attached hydrogen (secondary N) is 1. The van der Waals surface area contributed by atoms with Crippen LogP contribution in [0.3, 0.4) is 0 Å². The van der Waals surface area contributed by atoms with E-state index in [0.717, 1.165) is 29.5 Å². The van der Waals surface area contributed by atoms with Crippen molar-refractivity contribution < 1.29 is 8.42 Å². The van der Waals surface area contributed by atoms with E-state index in [-0.39, 0.29) is 6.54 Å². The van der Waals surface area contributed by atoms with Gasteiger partial charge in [-0.1, -0.05) is 48.2 Å². The van der Waals surface area contributed by atoms with Gasteiger partial charge in [0.05, 0.1) is 18.5 Å². The van der Waals surface area contributed by atoms with Crippen LogP contribution in [0.5, 0.6) is 0 Å². The number of sulfonamides is 1. The Kier molecular flexibility index (Phi) is 5.13. The normalized spacial score (nSPS) is 11.1. The monoisotopic (exact) mass is 350 g/mol. The molecule has 2 aromatic carbocycles. The smallest absolute Gasteiger partial charge is 0.209 e. The first-order valence-electron chi connectivity index (χ1n) is 7.86. The van der Waals surface area contributed by atoms with Crippen molar-refractivity contribution in [1.82, 2.24) is 9.71 Å². The van der Waals surface area contributed by atoms with Crippen LogP contribution in [0.4, 0.5) is 0 Å². The summed E-state index contributed by atoms with van der Waals surface area (Å²) in [5, 5.41) is 2.36. The average molecular weight is 350 g/mol. The van der Waals surface area contributed by atoms with Crippen LogP contribution < -0.4 is 4.72 Å². The van der Waals surface area contributed by atoms with Crippen molar-refractivity contribution >= 4 is 20.8 Å². The molecule has 126 valence electrons. The predicted octanol–water partition coefficient (Wildman–Crippen LogP) is 2.73. The quantitative estimate of drug-likeness (QED) is 0.736. The summed E-state index contributed by atoms with van der Waals surface area (Å²) in [5.74, 6) is 5.74. The van der Waals surface area contributed by atoms with Crippen LogP contribution in [-0.2, 0) is 16.4 Å². The van der Waals surface area contributed by atoms with Crippen molar-refractivity contribution in [2.75, 3.05) is 12.8 Å². The zero-order valence-electron chi connectivity index (χ0n) is 13.9. The minimum atomic E-state index is -3.20. The third-order valence-electron chi connectivity index (χ3n) is 3.74. The predicted molar refractivity (Wildman–Crippen MR) is 101 cm³/mol. The van der Waals surface area contributed by atoms with Crippen molar-refractivity contribution in [3.8, 4) is 11.8 Å². The molecular formula is C20H18N2O2S. The molecule has 0 saturated heterocycles. The molecule has 25 heavy (non-hydrogen) atoms. The highest BCUT2D eigenvalue weighted by Crippen LogP contribution is 2.19. The lowest BCUT2D eigenvalue weighted by molar-refractivity contribution is 0.592. The highest BCUT2D eigenvalue weighted by atomic mass is 32.2. The third kappa shape index (κ3) is 4.90. The number of hydrogen-bond acceptors (Lipinski definition) is 3. The molecule has 3 aromatic rings. The van der Waals surface area contributed by atoms with E-state index in [2.05, 4.69) is 33.7 Å². The minimum absolute atomic E-state index is 0.112. The van der Waals surface area contributed by atoms with Gasteiger partial charge in [-0.05, 0) is 29.1 Å². The molecule has 0 atom stereocenters. The van der Waals surface area contributed by atoms with Crippen molar-refractivity contribution in [3.05, 3.63) is 77.6 Å². The molecule has 0 radical (unpaired) electrons. The van der Waals surface area contributed by atoms with Crippen LogP contribution in [0.15, 0.2) is 60.8 Å². The molecule has 0 fully saturated rings. The molecule has 0 amide bonds. The first-order valence-corrected chi connectivity index (χ1v) is 9.75. The van der Waals surface area contributed by atoms with E-state index in [9.17, 15) is 8.42 Å². The van der Waals surface area contributed by atoms with Gasteiger partial charge in [-0.15, -0.1) is 0 Å². The first-order chi connectivity index (χ1) is 12.0. The maximum atomic E-state index is 11.0. The molecule has 0 aliphatic heterocycles. The maximum absolute atomic E-state index is 11.0. The molecule has 0 bridgehead atoms. The van der Waals surface area contributed by atoms with Gasteiger partial charge in [0.25, 0.3) is 0 Å². The largest absolute Gasteiger partial charge is 0.260 e. The van der Waals surface area contributed by atoms with E-state index >= 15 is 0 Å². The molecule has 0 saturated carbocycles. The van der Waals surface area contributed by atoms with E-state index in [4.69, 9.17) is 0 Å². The van der Waals surface area contributed by atoms with Crippen molar-refractivity contribution in [2.24, 2.45) is 0 Å². The van der Waals surface area contributed by atoms with Crippen molar-refractivity contribution in [1.29, 1.82) is 0 Å². The number of rotatable bonds is 4. The number of hydrogen-bond donors (Lipinski definition) is 1. The Labute approximate surface area is 148 Å². The Balaban J connectivity index is 1.71. The van der Waals surface area contributed by atoms with E-state index in [1.165, 1.54) is 10.8 Å². The van der Waals surface area contributed by atoms with Gasteiger partial charge in [0.2, 0.25) is 10.0 Å². The highest BCUT2D eigenvalue weighted by Gasteiger charge is 2.03. The summed E-state index contributed by atoms with van der Waals surface area (Å²) in [6.45, 7) is 0.112. The lowest BCUT2D eigenvalue weighted by Gasteiger charge is -2.06. The minimum Gasteiger partial charge on any atom is -0.260 e. The summed E-state index contributed by atoms with van der Waals surface area (Å²) in [7, 11) is -3.20. The number of fused-ring (bicyclic) bond motifs is 1. The third-order valence-corrected chi connectivity index (χ3v) is 4.41. The fourth-order valence-corrected chi connectivity index (χ4v) is 2.87. The first kappa shape index (κ1) is 17.2. The Morgan fingerprint density at radius 1 is 1.04 bits per heavy atom. The molecule has 1 N–H and O–H groups in total. The van der Waals surface area contributed by atoms with Gasteiger partial charge in [0.1, 0.15) is 0 Å². The Bertz CT molecular complexity index is 1040.